The molecule has 2 aliphatic heterocycles. The highest BCUT2D eigenvalue weighted by atomic mass is 35.5. The summed E-state index contributed by atoms with van der Waals surface area (Å²) in [5, 5.41) is 3.48. The zero-order chi connectivity index (χ0) is 13.8. The molecular formula is C18H29ClN2. The van der Waals surface area contributed by atoms with Crippen LogP contribution < -0.4 is 5.32 Å². The molecule has 2 fully saturated rings. The number of halogens is 1. The Morgan fingerprint density at radius 3 is 2.67 bits per heavy atom. The summed E-state index contributed by atoms with van der Waals surface area (Å²) in [5.74, 6) is 0.925. The minimum atomic E-state index is 0. The van der Waals surface area contributed by atoms with Crippen LogP contribution in [0.3, 0.4) is 0 Å². The third kappa shape index (κ3) is 4.45. The molecule has 0 saturated carbocycles. The van der Waals surface area contributed by atoms with Crippen LogP contribution in [0.15, 0.2) is 24.3 Å². The van der Waals surface area contributed by atoms with Crippen molar-refractivity contribution in [3.05, 3.63) is 35.4 Å². The quantitative estimate of drug-likeness (QED) is 0.917. The van der Waals surface area contributed by atoms with Gasteiger partial charge in [0.25, 0.3) is 0 Å². The van der Waals surface area contributed by atoms with Gasteiger partial charge in [-0.3, -0.25) is 4.90 Å². The molecule has 2 saturated heterocycles. The van der Waals surface area contributed by atoms with E-state index in [1.165, 1.54) is 63.8 Å². The first-order valence-electron chi connectivity index (χ1n) is 8.32. The predicted octanol–water partition coefficient (Wildman–Crippen LogP) is 3.42. The van der Waals surface area contributed by atoms with Crippen LogP contribution in [0.25, 0.3) is 0 Å². The number of hydrogen-bond donors (Lipinski definition) is 1. The molecule has 0 spiro atoms. The van der Waals surface area contributed by atoms with Gasteiger partial charge in [-0.05, 0) is 75.7 Å². The van der Waals surface area contributed by atoms with E-state index in [0.29, 0.717) is 0 Å². The van der Waals surface area contributed by atoms with E-state index in [1.54, 1.807) is 5.56 Å². The number of nitrogens with zero attached hydrogens (tertiary/aromatic N) is 1. The molecule has 1 atom stereocenters. The Hall–Kier alpha value is -0.570. The highest BCUT2D eigenvalue weighted by molar-refractivity contribution is 5.85. The van der Waals surface area contributed by atoms with Crippen molar-refractivity contribution >= 4 is 12.4 Å². The normalized spacial score (nSPS) is 24.0. The Balaban J connectivity index is 0.00000161. The highest BCUT2D eigenvalue weighted by Crippen LogP contribution is 2.25. The second kappa shape index (κ2) is 8.17. The number of likely N-dealkylation sites (tertiary alicyclic amines) is 1. The number of hydrogen-bond acceptors (Lipinski definition) is 2. The van der Waals surface area contributed by atoms with Crippen molar-refractivity contribution in [1.29, 1.82) is 0 Å². The average Bonchev–Trinajstić information content (AvgIpc) is 2.90. The molecule has 118 valence electrons. The maximum Gasteiger partial charge on any atom is 0.0136 e. The summed E-state index contributed by atoms with van der Waals surface area (Å²) < 4.78 is 0. The maximum atomic E-state index is 3.48. The first-order chi connectivity index (χ1) is 9.83. The molecule has 3 heteroatoms. The minimum absolute atomic E-state index is 0. The maximum absolute atomic E-state index is 3.48. The summed E-state index contributed by atoms with van der Waals surface area (Å²) in [4.78, 5) is 2.78. The highest BCUT2D eigenvalue weighted by Gasteiger charge is 2.27. The molecule has 2 nitrogen and oxygen atoms in total. The summed E-state index contributed by atoms with van der Waals surface area (Å²) in [7, 11) is 0. The second-order valence-corrected chi connectivity index (χ2v) is 6.61. The third-order valence-electron chi connectivity index (χ3n) is 5.17. The van der Waals surface area contributed by atoms with Crippen molar-refractivity contribution in [3.8, 4) is 0 Å². The van der Waals surface area contributed by atoms with Gasteiger partial charge >= 0.3 is 0 Å². The van der Waals surface area contributed by atoms with Crippen molar-refractivity contribution in [3.63, 3.8) is 0 Å². The van der Waals surface area contributed by atoms with Crippen LogP contribution in [-0.4, -0.2) is 37.1 Å². The number of piperidine rings is 1. The van der Waals surface area contributed by atoms with Crippen LogP contribution in [0.2, 0.25) is 0 Å². The number of benzene rings is 1. The molecule has 0 aliphatic carbocycles. The summed E-state index contributed by atoms with van der Waals surface area (Å²) in [6, 6.07) is 9.69. The summed E-state index contributed by atoms with van der Waals surface area (Å²) >= 11 is 0. The van der Waals surface area contributed by atoms with E-state index in [2.05, 4.69) is 41.4 Å². The number of rotatable bonds is 4. The fourth-order valence-corrected chi connectivity index (χ4v) is 3.86. The molecule has 3 rings (SSSR count). The average molecular weight is 309 g/mol. The zero-order valence-electron chi connectivity index (χ0n) is 13.2. The van der Waals surface area contributed by atoms with Crippen LogP contribution in [0.5, 0.6) is 0 Å². The molecular weight excluding hydrogens is 280 g/mol. The zero-order valence-corrected chi connectivity index (χ0v) is 14.0. The molecule has 21 heavy (non-hydrogen) atoms. The molecule has 0 bridgehead atoms. The lowest BCUT2D eigenvalue weighted by Gasteiger charge is -2.31. The smallest absolute Gasteiger partial charge is 0.0136 e. The number of aryl methyl sites for hydroxylation is 1. The van der Waals surface area contributed by atoms with Crippen LogP contribution in [0, 0.1) is 12.8 Å². The Bertz CT molecular complexity index is 429. The Kier molecular flexibility index (Phi) is 6.53. The van der Waals surface area contributed by atoms with Gasteiger partial charge in [-0.15, -0.1) is 12.4 Å². The van der Waals surface area contributed by atoms with Crippen molar-refractivity contribution in [1.82, 2.24) is 10.2 Å². The molecule has 0 aromatic heterocycles. The minimum Gasteiger partial charge on any atom is -0.317 e. The van der Waals surface area contributed by atoms with Gasteiger partial charge in [0.2, 0.25) is 0 Å². The van der Waals surface area contributed by atoms with Gasteiger partial charge in [0, 0.05) is 12.6 Å². The van der Waals surface area contributed by atoms with Gasteiger partial charge in [0.05, 0.1) is 0 Å². The largest absolute Gasteiger partial charge is 0.317 e. The fourth-order valence-electron chi connectivity index (χ4n) is 3.86. The van der Waals surface area contributed by atoms with Crippen LogP contribution in [-0.2, 0) is 6.42 Å². The molecule has 0 radical (unpaired) electrons. The lowest BCUT2D eigenvalue weighted by atomic mass is 9.95. The van der Waals surface area contributed by atoms with Crippen molar-refractivity contribution < 1.29 is 0 Å². The fraction of sp³-hybridized carbons (Fsp3) is 0.667. The van der Waals surface area contributed by atoms with Crippen molar-refractivity contribution in [2.24, 2.45) is 5.92 Å². The van der Waals surface area contributed by atoms with Gasteiger partial charge in [0.1, 0.15) is 0 Å². The van der Waals surface area contributed by atoms with E-state index < -0.39 is 0 Å². The topological polar surface area (TPSA) is 15.3 Å². The molecule has 1 N–H and O–H groups in total. The molecule has 2 heterocycles. The second-order valence-electron chi connectivity index (χ2n) is 6.61. The van der Waals surface area contributed by atoms with E-state index >= 15 is 0 Å². The van der Waals surface area contributed by atoms with Gasteiger partial charge < -0.3 is 5.32 Å². The van der Waals surface area contributed by atoms with Crippen LogP contribution in [0.1, 0.15) is 36.8 Å². The van der Waals surface area contributed by atoms with E-state index in [-0.39, 0.29) is 12.4 Å². The monoisotopic (exact) mass is 308 g/mol. The van der Waals surface area contributed by atoms with Gasteiger partial charge in [-0.25, -0.2) is 0 Å². The van der Waals surface area contributed by atoms with E-state index in [4.69, 9.17) is 0 Å². The molecule has 2 aliphatic rings. The lowest BCUT2D eigenvalue weighted by molar-refractivity contribution is 0.191. The van der Waals surface area contributed by atoms with E-state index in [9.17, 15) is 0 Å². The van der Waals surface area contributed by atoms with Gasteiger partial charge in [0.15, 0.2) is 0 Å². The van der Waals surface area contributed by atoms with Gasteiger partial charge in [-0.2, -0.15) is 0 Å². The van der Waals surface area contributed by atoms with E-state index in [1.807, 2.05) is 0 Å². The lowest BCUT2D eigenvalue weighted by Crippen LogP contribution is -2.39. The first kappa shape index (κ1) is 16.8. The van der Waals surface area contributed by atoms with Gasteiger partial charge in [-0.1, -0.05) is 24.3 Å². The molecule has 0 amide bonds. The predicted molar refractivity (Wildman–Crippen MR) is 92.3 cm³/mol. The summed E-state index contributed by atoms with van der Waals surface area (Å²) in [5.41, 5.74) is 3.01. The first-order valence-corrected chi connectivity index (χ1v) is 8.32. The Morgan fingerprint density at radius 2 is 1.90 bits per heavy atom. The summed E-state index contributed by atoms with van der Waals surface area (Å²) in [6.07, 6.45) is 6.76. The Morgan fingerprint density at radius 1 is 1.14 bits per heavy atom. The van der Waals surface area contributed by atoms with Crippen LogP contribution in [0.4, 0.5) is 0 Å². The molecule has 1 aromatic carbocycles. The number of nitrogens with one attached hydrogen (secondary N) is 1. The molecule has 1 unspecified atom stereocenters. The van der Waals surface area contributed by atoms with Crippen molar-refractivity contribution in [2.45, 2.75) is 45.1 Å². The standard InChI is InChI=1S/C18H28N2.ClH/c1-15-5-2-3-6-17(15)13-18-7-4-12-20(18)14-16-8-10-19-11-9-16;/h2-3,5-6,16,18-19H,4,7-14H2,1H3;1H. The van der Waals surface area contributed by atoms with Crippen LogP contribution >= 0.6 is 12.4 Å². The Labute approximate surface area is 135 Å². The van der Waals surface area contributed by atoms with Crippen molar-refractivity contribution in [2.75, 3.05) is 26.2 Å². The van der Waals surface area contributed by atoms with E-state index in [0.717, 1.165) is 12.0 Å². The SMILES string of the molecule is Cc1ccccc1CC1CCCN1CC1CCNCC1.Cl. The third-order valence-corrected chi connectivity index (χ3v) is 5.17. The summed E-state index contributed by atoms with van der Waals surface area (Å²) in [6.45, 7) is 7.35. The molecule has 1 aromatic rings.